The van der Waals surface area contributed by atoms with Crippen molar-refractivity contribution in [2.75, 3.05) is 16.8 Å². The molecule has 2 amide bonds. The molecule has 0 bridgehead atoms. The van der Waals surface area contributed by atoms with Gasteiger partial charge < -0.3 is 10.2 Å². The number of fused-ring (bicyclic) bond motifs is 1. The summed E-state index contributed by atoms with van der Waals surface area (Å²) in [6, 6.07) is 22.8. The predicted octanol–water partition coefficient (Wildman–Crippen LogP) is 4.92. The monoisotopic (exact) mass is 476 g/mol. The maximum Gasteiger partial charge on any atom is 0.244 e. The molecule has 1 N–H and O–H groups in total. The zero-order chi connectivity index (χ0) is 24.1. The van der Waals surface area contributed by atoms with Gasteiger partial charge in [0.25, 0.3) is 0 Å². The smallest absolute Gasteiger partial charge is 0.244 e. The van der Waals surface area contributed by atoms with E-state index in [4.69, 9.17) is 0 Å². The van der Waals surface area contributed by atoms with Gasteiger partial charge in [-0.25, -0.2) is 8.42 Å². The molecule has 0 saturated carbocycles. The van der Waals surface area contributed by atoms with Crippen LogP contribution in [0.5, 0.6) is 0 Å². The number of carbonyl (C=O) groups is 2. The molecule has 0 spiro atoms. The minimum absolute atomic E-state index is 0.0581. The largest absolute Gasteiger partial charge is 0.325 e. The van der Waals surface area contributed by atoms with Crippen molar-refractivity contribution in [3.05, 3.63) is 90.0 Å². The van der Waals surface area contributed by atoms with Crippen LogP contribution in [0, 0.1) is 0 Å². The lowest BCUT2D eigenvalue weighted by Gasteiger charge is -2.22. The zero-order valence-electron chi connectivity index (χ0n) is 19.1. The number of sulfone groups is 1. The third-order valence-corrected chi connectivity index (χ3v) is 8.17. The highest BCUT2D eigenvalue weighted by molar-refractivity contribution is 7.92. The molecule has 0 aliphatic carbocycles. The van der Waals surface area contributed by atoms with Crippen LogP contribution in [0.4, 0.5) is 11.4 Å². The Bertz CT molecular complexity index is 1270. The van der Waals surface area contributed by atoms with Gasteiger partial charge >= 0.3 is 0 Å². The van der Waals surface area contributed by atoms with E-state index in [9.17, 15) is 18.0 Å². The molecule has 3 aromatic rings. The molecule has 1 unspecified atom stereocenters. The molecule has 0 radical (unpaired) electrons. The molecule has 0 fully saturated rings. The number of carbonyl (C=O) groups excluding carboxylic acids is 2. The molecule has 0 saturated heterocycles. The van der Waals surface area contributed by atoms with Crippen LogP contribution < -0.4 is 10.2 Å². The van der Waals surface area contributed by atoms with Gasteiger partial charge in [0.2, 0.25) is 11.8 Å². The van der Waals surface area contributed by atoms with Gasteiger partial charge in [0.05, 0.1) is 15.8 Å². The van der Waals surface area contributed by atoms with E-state index < -0.39 is 21.0 Å². The molecule has 1 heterocycles. The lowest BCUT2D eigenvalue weighted by atomic mass is 10.1. The van der Waals surface area contributed by atoms with Crippen LogP contribution in [-0.4, -0.2) is 26.8 Å². The van der Waals surface area contributed by atoms with Crippen molar-refractivity contribution in [1.82, 2.24) is 0 Å². The van der Waals surface area contributed by atoms with Gasteiger partial charge in [-0.15, -0.1) is 0 Å². The Kier molecular flexibility index (Phi) is 7.12. The summed E-state index contributed by atoms with van der Waals surface area (Å²) < 4.78 is 27.0. The number of unbranched alkanes of at least 4 members (excludes halogenated alkanes) is 1. The first-order valence-electron chi connectivity index (χ1n) is 11.5. The fourth-order valence-corrected chi connectivity index (χ4v) is 6.13. The number of nitrogens with one attached hydrogen (secondary N) is 1. The first-order chi connectivity index (χ1) is 16.4. The lowest BCUT2D eigenvalue weighted by Crippen LogP contribution is -2.38. The zero-order valence-corrected chi connectivity index (χ0v) is 19.9. The van der Waals surface area contributed by atoms with Gasteiger partial charge in [0, 0.05) is 12.1 Å². The van der Waals surface area contributed by atoms with Gasteiger partial charge in [-0.1, -0.05) is 67.9 Å². The Balaban J connectivity index is 1.58. The Morgan fingerprint density at radius 2 is 1.65 bits per heavy atom. The molecule has 1 aliphatic rings. The highest BCUT2D eigenvalue weighted by atomic mass is 32.2. The minimum Gasteiger partial charge on any atom is -0.325 e. The molecule has 1 atom stereocenters. The van der Waals surface area contributed by atoms with Gasteiger partial charge in [-0.05, 0) is 48.2 Å². The molecule has 0 aromatic heterocycles. The summed E-state index contributed by atoms with van der Waals surface area (Å²) in [7, 11) is -3.84. The van der Waals surface area contributed by atoms with Crippen molar-refractivity contribution in [3.63, 3.8) is 0 Å². The summed E-state index contributed by atoms with van der Waals surface area (Å²) in [4.78, 5) is 27.5. The van der Waals surface area contributed by atoms with Crippen molar-refractivity contribution >= 4 is 33.0 Å². The molecule has 6 nitrogen and oxygen atoms in total. The number of hydrogen-bond donors (Lipinski definition) is 1. The quantitative estimate of drug-likeness (QED) is 0.525. The normalized spacial score (nSPS) is 17.0. The number of rotatable bonds is 7. The van der Waals surface area contributed by atoms with Gasteiger partial charge in [-0.3, -0.25) is 9.59 Å². The molecule has 4 rings (SSSR count). The topological polar surface area (TPSA) is 83.6 Å². The van der Waals surface area contributed by atoms with Gasteiger partial charge in [-0.2, -0.15) is 0 Å². The fraction of sp³-hybridized carbons (Fsp3) is 0.259. The number of amides is 2. The first-order valence-corrected chi connectivity index (χ1v) is 13.0. The van der Waals surface area contributed by atoms with Gasteiger partial charge in [0.15, 0.2) is 9.84 Å². The summed E-state index contributed by atoms with van der Waals surface area (Å²) >= 11 is 0. The second-order valence-electron chi connectivity index (χ2n) is 8.44. The van der Waals surface area contributed by atoms with E-state index in [-0.39, 0.29) is 29.5 Å². The second-order valence-corrected chi connectivity index (χ2v) is 10.5. The van der Waals surface area contributed by atoms with E-state index in [1.807, 2.05) is 24.3 Å². The van der Waals surface area contributed by atoms with E-state index in [1.165, 1.54) is 16.5 Å². The Morgan fingerprint density at radius 1 is 0.971 bits per heavy atom. The van der Waals surface area contributed by atoms with E-state index in [1.54, 1.807) is 48.5 Å². The van der Waals surface area contributed by atoms with Crippen LogP contribution in [0.1, 0.15) is 42.6 Å². The maximum absolute atomic E-state index is 13.5. The molecule has 176 valence electrons. The summed E-state index contributed by atoms with van der Waals surface area (Å²) in [5.74, 6) is -0.799. The molecular formula is C27H28N2O4S. The lowest BCUT2D eigenvalue weighted by molar-refractivity contribution is -0.121. The van der Waals surface area contributed by atoms with Crippen LogP contribution in [0.25, 0.3) is 0 Å². The maximum atomic E-state index is 13.5. The van der Waals surface area contributed by atoms with E-state index in [0.29, 0.717) is 11.3 Å². The van der Waals surface area contributed by atoms with Crippen molar-refractivity contribution < 1.29 is 18.0 Å². The Morgan fingerprint density at radius 3 is 2.35 bits per heavy atom. The van der Waals surface area contributed by atoms with Crippen molar-refractivity contribution in [1.29, 1.82) is 0 Å². The Labute approximate surface area is 200 Å². The first kappa shape index (κ1) is 23.7. The average molecular weight is 477 g/mol. The van der Waals surface area contributed by atoms with E-state index >= 15 is 0 Å². The SMILES string of the molecule is CCCCc1ccc(NC(=O)CN2C(=O)CC(c3ccccc3)S(=O)(=O)c3ccccc32)cc1. The summed E-state index contributed by atoms with van der Waals surface area (Å²) in [6.07, 6.45) is 2.97. The van der Waals surface area contributed by atoms with Crippen LogP contribution in [0.2, 0.25) is 0 Å². The second kappa shape index (κ2) is 10.2. The predicted molar refractivity (Wildman–Crippen MR) is 133 cm³/mol. The van der Waals surface area contributed by atoms with Crippen molar-refractivity contribution in [2.45, 2.75) is 42.8 Å². The minimum atomic E-state index is -3.84. The number of aryl methyl sites for hydroxylation is 1. The number of benzene rings is 3. The third-order valence-electron chi connectivity index (χ3n) is 6.03. The number of anilines is 2. The average Bonchev–Trinajstić information content (AvgIpc) is 2.93. The van der Waals surface area contributed by atoms with Crippen LogP contribution >= 0.6 is 0 Å². The highest BCUT2D eigenvalue weighted by Crippen LogP contribution is 2.40. The molecular weight excluding hydrogens is 448 g/mol. The van der Waals surface area contributed by atoms with Gasteiger partial charge in [0.1, 0.15) is 6.54 Å². The molecule has 7 heteroatoms. The third kappa shape index (κ3) is 5.04. The summed E-state index contributed by atoms with van der Waals surface area (Å²) in [5, 5.41) is 1.82. The fourth-order valence-electron chi connectivity index (χ4n) is 4.20. The summed E-state index contributed by atoms with van der Waals surface area (Å²) in [5.41, 5.74) is 2.63. The van der Waals surface area contributed by atoms with E-state index in [0.717, 1.165) is 19.3 Å². The van der Waals surface area contributed by atoms with Crippen LogP contribution in [-0.2, 0) is 25.8 Å². The molecule has 1 aliphatic heterocycles. The van der Waals surface area contributed by atoms with Crippen molar-refractivity contribution in [3.8, 4) is 0 Å². The summed E-state index contributed by atoms with van der Waals surface area (Å²) in [6.45, 7) is 1.87. The number of para-hydroxylation sites is 1. The highest BCUT2D eigenvalue weighted by Gasteiger charge is 2.39. The van der Waals surface area contributed by atoms with Crippen LogP contribution in [0.15, 0.2) is 83.8 Å². The van der Waals surface area contributed by atoms with E-state index in [2.05, 4.69) is 12.2 Å². The van der Waals surface area contributed by atoms with Crippen molar-refractivity contribution in [2.24, 2.45) is 0 Å². The number of hydrogen-bond acceptors (Lipinski definition) is 4. The van der Waals surface area contributed by atoms with Crippen LogP contribution in [0.3, 0.4) is 0 Å². The molecule has 34 heavy (non-hydrogen) atoms. The molecule has 3 aromatic carbocycles. The standard InChI is InChI=1S/C27H28N2O4S/c1-2-3-9-20-14-16-22(17-15-20)28-26(30)19-29-23-12-7-8-13-24(23)34(32,33)25(18-27(29)31)21-10-5-4-6-11-21/h4-8,10-17,25H,2-3,9,18-19H2,1H3,(H,28,30). The number of nitrogens with zero attached hydrogens (tertiary/aromatic N) is 1. The Hall–Kier alpha value is -3.45.